The van der Waals surface area contributed by atoms with Crippen molar-refractivity contribution in [2.75, 3.05) is 0 Å². The van der Waals surface area contributed by atoms with Crippen LogP contribution in [0, 0.1) is 35.3 Å². The molecule has 0 saturated carbocycles. The van der Waals surface area contributed by atoms with Gasteiger partial charge in [0.05, 0.1) is 22.6 Å². The second kappa shape index (κ2) is 5.41. The molecule has 20 heavy (non-hydrogen) atoms. The van der Waals surface area contributed by atoms with Crippen molar-refractivity contribution in [3.8, 4) is 17.6 Å². The maximum absolute atomic E-state index is 10.8. The van der Waals surface area contributed by atoms with E-state index in [0.29, 0.717) is 17.1 Å². The molecule has 0 aliphatic heterocycles. The molecule has 0 spiro atoms. The Morgan fingerprint density at radius 1 is 1.15 bits per heavy atom. The first kappa shape index (κ1) is 13.6. The van der Waals surface area contributed by atoms with E-state index in [0.717, 1.165) is 11.1 Å². The SMILES string of the molecule is Cc1cc(Oc2cc([N+](=O)[O-])ccc2C)ccc1C#N. The van der Waals surface area contributed by atoms with Crippen molar-refractivity contribution in [1.82, 2.24) is 0 Å². The molecule has 0 aliphatic rings. The summed E-state index contributed by atoms with van der Waals surface area (Å²) in [5.41, 5.74) is 2.16. The van der Waals surface area contributed by atoms with Gasteiger partial charge in [-0.3, -0.25) is 10.1 Å². The standard InChI is InChI=1S/C15H12N2O3/c1-10-3-5-13(17(18)19)8-15(10)20-14-6-4-12(9-16)11(2)7-14/h3-8H,1-2H3. The summed E-state index contributed by atoms with van der Waals surface area (Å²) in [4.78, 5) is 10.3. The van der Waals surface area contributed by atoms with Gasteiger partial charge >= 0.3 is 0 Å². The molecule has 0 aliphatic carbocycles. The molecule has 0 bridgehead atoms. The molecular formula is C15H12N2O3. The number of non-ortho nitro benzene ring substituents is 1. The smallest absolute Gasteiger partial charge is 0.273 e. The lowest BCUT2D eigenvalue weighted by Gasteiger charge is -2.09. The number of hydrogen-bond acceptors (Lipinski definition) is 4. The Kier molecular flexibility index (Phi) is 3.67. The minimum atomic E-state index is -0.462. The van der Waals surface area contributed by atoms with Crippen LogP contribution >= 0.6 is 0 Å². The molecular weight excluding hydrogens is 256 g/mol. The number of aryl methyl sites for hydroxylation is 2. The normalized spacial score (nSPS) is 9.85. The molecule has 2 rings (SSSR count). The van der Waals surface area contributed by atoms with E-state index >= 15 is 0 Å². The van der Waals surface area contributed by atoms with E-state index in [9.17, 15) is 10.1 Å². The second-order valence-corrected chi connectivity index (χ2v) is 4.40. The fourth-order valence-corrected chi connectivity index (χ4v) is 1.76. The Bertz CT molecular complexity index is 718. The first-order valence-corrected chi connectivity index (χ1v) is 5.95. The summed E-state index contributed by atoms with van der Waals surface area (Å²) < 4.78 is 5.67. The van der Waals surface area contributed by atoms with Crippen molar-refractivity contribution in [3.63, 3.8) is 0 Å². The van der Waals surface area contributed by atoms with Crippen LogP contribution in [0.3, 0.4) is 0 Å². The molecule has 0 aromatic heterocycles. The van der Waals surface area contributed by atoms with E-state index in [1.807, 2.05) is 13.8 Å². The average Bonchev–Trinajstić information content (AvgIpc) is 2.41. The fraction of sp³-hybridized carbons (Fsp3) is 0.133. The predicted molar refractivity (Wildman–Crippen MR) is 73.8 cm³/mol. The van der Waals surface area contributed by atoms with Crippen molar-refractivity contribution in [1.29, 1.82) is 5.26 Å². The van der Waals surface area contributed by atoms with Gasteiger partial charge in [-0.25, -0.2) is 0 Å². The Balaban J connectivity index is 2.35. The molecule has 5 heteroatoms. The minimum Gasteiger partial charge on any atom is -0.457 e. The lowest BCUT2D eigenvalue weighted by molar-refractivity contribution is -0.384. The highest BCUT2D eigenvalue weighted by Crippen LogP contribution is 2.29. The molecule has 0 N–H and O–H groups in total. The number of rotatable bonds is 3. The zero-order chi connectivity index (χ0) is 14.7. The van der Waals surface area contributed by atoms with Gasteiger partial charge in [-0.1, -0.05) is 0 Å². The van der Waals surface area contributed by atoms with Crippen LogP contribution in [0.1, 0.15) is 16.7 Å². The minimum absolute atomic E-state index is 0.0176. The number of nitro groups is 1. The van der Waals surface area contributed by atoms with E-state index in [1.165, 1.54) is 12.1 Å². The zero-order valence-electron chi connectivity index (χ0n) is 11.1. The van der Waals surface area contributed by atoms with Gasteiger partial charge in [-0.05, 0) is 49.2 Å². The third-order valence-corrected chi connectivity index (χ3v) is 2.93. The number of ether oxygens (including phenoxy) is 1. The third-order valence-electron chi connectivity index (χ3n) is 2.93. The van der Waals surface area contributed by atoms with E-state index < -0.39 is 4.92 Å². The summed E-state index contributed by atoms with van der Waals surface area (Å²) in [5.74, 6) is 0.980. The van der Waals surface area contributed by atoms with Crippen LogP contribution in [0.25, 0.3) is 0 Å². The van der Waals surface area contributed by atoms with Crippen molar-refractivity contribution in [3.05, 3.63) is 63.2 Å². The molecule has 100 valence electrons. The van der Waals surface area contributed by atoms with Crippen molar-refractivity contribution in [2.24, 2.45) is 0 Å². The zero-order valence-corrected chi connectivity index (χ0v) is 11.1. The Hall–Kier alpha value is -2.87. The molecule has 0 fully saturated rings. The molecule has 2 aromatic carbocycles. The van der Waals surface area contributed by atoms with Gasteiger partial charge in [0.25, 0.3) is 5.69 Å². The highest BCUT2D eigenvalue weighted by molar-refractivity contribution is 5.47. The van der Waals surface area contributed by atoms with Crippen LogP contribution in [0.15, 0.2) is 36.4 Å². The molecule has 0 radical (unpaired) electrons. The fourth-order valence-electron chi connectivity index (χ4n) is 1.76. The highest BCUT2D eigenvalue weighted by atomic mass is 16.6. The van der Waals surface area contributed by atoms with Gasteiger partial charge in [-0.15, -0.1) is 0 Å². The van der Waals surface area contributed by atoms with Gasteiger partial charge in [0.1, 0.15) is 11.5 Å². The van der Waals surface area contributed by atoms with Crippen LogP contribution in [-0.4, -0.2) is 4.92 Å². The maximum atomic E-state index is 10.8. The monoisotopic (exact) mass is 268 g/mol. The van der Waals surface area contributed by atoms with Gasteiger partial charge in [0, 0.05) is 6.07 Å². The molecule has 2 aromatic rings. The van der Waals surface area contributed by atoms with Crippen LogP contribution in [-0.2, 0) is 0 Å². The molecule has 0 atom stereocenters. The molecule has 0 amide bonds. The average molecular weight is 268 g/mol. The molecule has 0 heterocycles. The first-order chi connectivity index (χ1) is 9.51. The molecule has 0 saturated heterocycles. The van der Waals surface area contributed by atoms with Gasteiger partial charge in [0.2, 0.25) is 0 Å². The number of benzene rings is 2. The van der Waals surface area contributed by atoms with Gasteiger partial charge in [0.15, 0.2) is 0 Å². The summed E-state index contributed by atoms with van der Waals surface area (Å²) in [5, 5.41) is 19.6. The maximum Gasteiger partial charge on any atom is 0.273 e. The van der Waals surface area contributed by atoms with Crippen molar-refractivity contribution >= 4 is 5.69 Å². The highest BCUT2D eigenvalue weighted by Gasteiger charge is 2.10. The summed E-state index contributed by atoms with van der Waals surface area (Å²) in [6.45, 7) is 3.63. The summed E-state index contributed by atoms with van der Waals surface area (Å²) in [7, 11) is 0. The first-order valence-electron chi connectivity index (χ1n) is 5.95. The largest absolute Gasteiger partial charge is 0.457 e. The van der Waals surface area contributed by atoms with Crippen LogP contribution in [0.4, 0.5) is 5.69 Å². The summed E-state index contributed by atoms with van der Waals surface area (Å²) >= 11 is 0. The lowest BCUT2D eigenvalue weighted by Crippen LogP contribution is -1.93. The number of nitro benzene ring substituents is 1. The van der Waals surface area contributed by atoms with Crippen molar-refractivity contribution in [2.45, 2.75) is 13.8 Å². The topological polar surface area (TPSA) is 76.2 Å². The quantitative estimate of drug-likeness (QED) is 0.625. The molecule has 5 nitrogen and oxygen atoms in total. The van der Waals surface area contributed by atoms with Gasteiger partial charge in [-0.2, -0.15) is 5.26 Å². The van der Waals surface area contributed by atoms with E-state index in [2.05, 4.69) is 6.07 Å². The summed E-state index contributed by atoms with van der Waals surface area (Å²) in [6.07, 6.45) is 0. The van der Waals surface area contributed by atoms with E-state index in [1.54, 1.807) is 24.3 Å². The van der Waals surface area contributed by atoms with Crippen LogP contribution in [0.5, 0.6) is 11.5 Å². The van der Waals surface area contributed by atoms with Crippen molar-refractivity contribution < 1.29 is 9.66 Å². The Morgan fingerprint density at radius 3 is 2.50 bits per heavy atom. The third kappa shape index (κ3) is 2.75. The Morgan fingerprint density at radius 2 is 1.90 bits per heavy atom. The Labute approximate surface area is 116 Å². The predicted octanol–water partition coefficient (Wildman–Crippen LogP) is 3.88. The van der Waals surface area contributed by atoms with Crippen LogP contribution < -0.4 is 4.74 Å². The number of nitrogens with zero attached hydrogens (tertiary/aromatic N) is 2. The second-order valence-electron chi connectivity index (χ2n) is 4.40. The van der Waals surface area contributed by atoms with E-state index in [4.69, 9.17) is 10.00 Å². The number of hydrogen-bond donors (Lipinski definition) is 0. The van der Waals surface area contributed by atoms with Gasteiger partial charge < -0.3 is 4.74 Å². The van der Waals surface area contributed by atoms with Crippen LogP contribution in [0.2, 0.25) is 0 Å². The lowest BCUT2D eigenvalue weighted by atomic mass is 10.1. The molecule has 0 unspecified atom stereocenters. The number of nitriles is 1. The summed E-state index contributed by atoms with van der Waals surface area (Å²) in [6, 6.07) is 11.6. The van der Waals surface area contributed by atoms with E-state index in [-0.39, 0.29) is 5.69 Å².